The molecule has 3 atom stereocenters. The van der Waals surface area contributed by atoms with Gasteiger partial charge in [0.2, 0.25) is 17.7 Å². The molecule has 11 N–H and O–H groups in total. The van der Waals surface area contributed by atoms with Crippen molar-refractivity contribution >= 4 is 17.7 Å². The number of phenolic OH excluding ortho intramolecular Hbond substituents is 2. The molecule has 0 aromatic heterocycles. The van der Waals surface area contributed by atoms with Gasteiger partial charge in [-0.25, -0.2) is 0 Å². The van der Waals surface area contributed by atoms with Crippen molar-refractivity contribution in [3.8, 4) is 22.6 Å². The molecule has 12 heteroatoms. The molecule has 1 fully saturated rings. The second-order valence-corrected chi connectivity index (χ2v) is 10.8. The summed E-state index contributed by atoms with van der Waals surface area (Å²) in [7, 11) is 0. The number of nitrogens with two attached hydrogens (primary N) is 2. The Morgan fingerprint density at radius 2 is 1.51 bits per heavy atom. The Hall–Kier alpha value is -3.71. The molecule has 0 radical (unpaired) electrons. The normalized spacial score (nSPS) is 22.4. The molecule has 2 aliphatic rings. The molecule has 2 heterocycles. The number of hydrogen-bond donors (Lipinski definition) is 9. The maximum Gasteiger partial charge on any atom is 0.243 e. The minimum Gasteiger partial charge on any atom is -0.508 e. The second-order valence-electron chi connectivity index (χ2n) is 10.8. The lowest BCUT2D eigenvalue weighted by Crippen LogP contribution is -2.57. The van der Waals surface area contributed by atoms with Crippen molar-refractivity contribution in [2.45, 2.75) is 43.8 Å². The van der Waals surface area contributed by atoms with Gasteiger partial charge >= 0.3 is 0 Å². The monoisotopic (exact) mass is 567 g/mol. The molecule has 0 aliphatic carbocycles. The summed E-state index contributed by atoms with van der Waals surface area (Å²) in [6.45, 7) is 3.89. The number of aromatic hydroxyl groups is 2. The van der Waals surface area contributed by atoms with Gasteiger partial charge in [0.15, 0.2) is 0 Å². The van der Waals surface area contributed by atoms with Crippen molar-refractivity contribution in [3.63, 3.8) is 0 Å². The van der Waals surface area contributed by atoms with Crippen LogP contribution >= 0.6 is 0 Å². The predicted octanol–water partition coefficient (Wildman–Crippen LogP) is -1.18. The molecule has 4 bridgehead atoms. The van der Waals surface area contributed by atoms with Crippen molar-refractivity contribution in [1.82, 2.24) is 26.6 Å². The molecule has 41 heavy (non-hydrogen) atoms. The molecule has 2 aliphatic heterocycles. The summed E-state index contributed by atoms with van der Waals surface area (Å²) in [5, 5.41) is 36.3. The van der Waals surface area contributed by atoms with Crippen molar-refractivity contribution < 1.29 is 24.6 Å². The summed E-state index contributed by atoms with van der Waals surface area (Å²) >= 11 is 0. The lowest BCUT2D eigenvalue weighted by molar-refractivity contribution is -0.132. The molecule has 12 nitrogen and oxygen atoms in total. The maximum absolute atomic E-state index is 13.5. The first-order chi connectivity index (χ1) is 19.7. The Labute approximate surface area is 239 Å². The summed E-state index contributed by atoms with van der Waals surface area (Å²) in [4.78, 5) is 40.0. The van der Waals surface area contributed by atoms with Crippen LogP contribution in [0.4, 0.5) is 0 Å². The zero-order valence-electron chi connectivity index (χ0n) is 23.1. The van der Waals surface area contributed by atoms with E-state index in [0.29, 0.717) is 30.6 Å². The molecular formula is C29H41N7O5. The molecule has 1 saturated heterocycles. The summed E-state index contributed by atoms with van der Waals surface area (Å²) in [6.07, 6.45) is 0.756. The number of hydrogen-bond acceptors (Lipinski definition) is 9. The highest BCUT2D eigenvalue weighted by Gasteiger charge is 2.30. The number of carbonyl (C=O) groups is 3. The number of fused-ring (bicyclic) bond motifs is 5. The third kappa shape index (κ3) is 8.17. The lowest BCUT2D eigenvalue weighted by atomic mass is 9.95. The van der Waals surface area contributed by atoms with E-state index in [1.165, 1.54) is 12.1 Å². The molecule has 3 amide bonds. The van der Waals surface area contributed by atoms with E-state index in [4.69, 9.17) is 11.5 Å². The van der Waals surface area contributed by atoms with Crippen LogP contribution in [-0.2, 0) is 27.2 Å². The average Bonchev–Trinajstić information content (AvgIpc) is 3.24. The van der Waals surface area contributed by atoms with E-state index in [1.54, 1.807) is 24.3 Å². The molecule has 2 aromatic carbocycles. The quantitative estimate of drug-likeness (QED) is 0.206. The summed E-state index contributed by atoms with van der Waals surface area (Å²) < 4.78 is 0. The topological polar surface area (TPSA) is 204 Å². The minimum absolute atomic E-state index is 0.00597. The smallest absolute Gasteiger partial charge is 0.243 e. The van der Waals surface area contributed by atoms with Crippen LogP contribution in [-0.4, -0.2) is 85.3 Å². The lowest BCUT2D eigenvalue weighted by Gasteiger charge is -2.25. The Morgan fingerprint density at radius 3 is 2.12 bits per heavy atom. The van der Waals surface area contributed by atoms with Gasteiger partial charge < -0.3 is 48.3 Å². The van der Waals surface area contributed by atoms with E-state index >= 15 is 0 Å². The number of amides is 3. The van der Waals surface area contributed by atoms with Gasteiger partial charge in [0.25, 0.3) is 0 Å². The van der Waals surface area contributed by atoms with Crippen LogP contribution in [0.1, 0.15) is 24.0 Å². The summed E-state index contributed by atoms with van der Waals surface area (Å²) in [5.74, 6) is -1.37. The summed E-state index contributed by atoms with van der Waals surface area (Å²) in [5.41, 5.74) is 14.3. The van der Waals surface area contributed by atoms with Gasteiger partial charge in [-0.2, -0.15) is 0 Å². The number of nitrogens with one attached hydrogen (secondary N) is 5. The first-order valence-electron chi connectivity index (χ1n) is 14.1. The van der Waals surface area contributed by atoms with Crippen LogP contribution in [0.3, 0.4) is 0 Å². The molecule has 0 saturated carbocycles. The fraction of sp³-hybridized carbons (Fsp3) is 0.483. The first kappa shape index (κ1) is 30.3. The van der Waals surface area contributed by atoms with E-state index in [1.807, 2.05) is 0 Å². The number of phenols is 2. The van der Waals surface area contributed by atoms with Crippen molar-refractivity contribution in [2.24, 2.45) is 17.4 Å². The van der Waals surface area contributed by atoms with Gasteiger partial charge in [-0.05, 0) is 65.9 Å². The van der Waals surface area contributed by atoms with Gasteiger partial charge in [-0.1, -0.05) is 12.1 Å². The van der Waals surface area contributed by atoms with Crippen LogP contribution in [0.5, 0.6) is 11.5 Å². The van der Waals surface area contributed by atoms with Crippen LogP contribution in [0.2, 0.25) is 0 Å². The van der Waals surface area contributed by atoms with Gasteiger partial charge in [0.1, 0.15) is 23.6 Å². The molecule has 4 rings (SSSR count). The van der Waals surface area contributed by atoms with Crippen LogP contribution in [0.15, 0.2) is 36.4 Å². The van der Waals surface area contributed by atoms with Gasteiger partial charge in [0.05, 0.1) is 6.04 Å². The van der Waals surface area contributed by atoms with Crippen LogP contribution in [0.25, 0.3) is 11.1 Å². The third-order valence-electron chi connectivity index (χ3n) is 7.57. The molecule has 222 valence electrons. The largest absolute Gasteiger partial charge is 0.508 e. The standard InChI is InChI=1S/C29H41N7O5/c30-7-1-2-23-29(41)36-24(28(40)34-16-17-14-32-8-9-33-15-17)13-21-11-19(4-6-26(21)38)18-3-5-25(37)20(10-18)12-22(31)27(39)35-23/h3-6,10-11,17,22-24,32-33,37-38H,1-2,7-9,12-16,30-31H2,(H,34,40)(H,35,39)(H,36,41)/t22-,23-,24-/m0/s1. The van der Waals surface area contributed by atoms with Crippen molar-refractivity contribution in [1.29, 1.82) is 0 Å². The Balaban J connectivity index is 1.68. The van der Waals surface area contributed by atoms with E-state index in [-0.39, 0.29) is 36.7 Å². The Kier molecular flexibility index (Phi) is 10.5. The second kappa shape index (κ2) is 14.3. The molecule has 2 aromatic rings. The van der Waals surface area contributed by atoms with Crippen LogP contribution in [0, 0.1) is 5.92 Å². The van der Waals surface area contributed by atoms with E-state index in [2.05, 4.69) is 26.6 Å². The van der Waals surface area contributed by atoms with E-state index in [9.17, 15) is 24.6 Å². The number of benzene rings is 2. The fourth-order valence-electron chi connectivity index (χ4n) is 5.13. The predicted molar refractivity (Wildman–Crippen MR) is 155 cm³/mol. The third-order valence-corrected chi connectivity index (χ3v) is 7.57. The Morgan fingerprint density at radius 1 is 0.902 bits per heavy atom. The van der Waals surface area contributed by atoms with E-state index in [0.717, 1.165) is 37.3 Å². The highest BCUT2D eigenvalue weighted by molar-refractivity contribution is 5.93. The van der Waals surface area contributed by atoms with Gasteiger partial charge in [0, 0.05) is 51.5 Å². The zero-order valence-corrected chi connectivity index (χ0v) is 23.1. The maximum atomic E-state index is 13.5. The van der Waals surface area contributed by atoms with Crippen molar-refractivity contribution in [3.05, 3.63) is 47.5 Å². The van der Waals surface area contributed by atoms with Gasteiger partial charge in [-0.3, -0.25) is 14.4 Å². The number of carbonyl (C=O) groups excluding carboxylic acids is 3. The minimum atomic E-state index is -1.04. The number of rotatable bonds is 6. The fourth-order valence-corrected chi connectivity index (χ4v) is 5.13. The molecule has 0 spiro atoms. The first-order valence-corrected chi connectivity index (χ1v) is 14.1. The SMILES string of the molecule is NCCC[C@@H]1NC(=O)[C@@H](N)Cc2cc(ccc2O)-c2ccc(O)c(c2)C[C@@H](C(=O)NCC2CNCCNC2)NC1=O. The van der Waals surface area contributed by atoms with Crippen LogP contribution < -0.4 is 38.1 Å². The highest BCUT2D eigenvalue weighted by Crippen LogP contribution is 2.30. The zero-order chi connectivity index (χ0) is 29.4. The summed E-state index contributed by atoms with van der Waals surface area (Å²) in [6, 6.07) is 6.97. The van der Waals surface area contributed by atoms with Crippen molar-refractivity contribution in [2.75, 3.05) is 39.3 Å². The average molecular weight is 568 g/mol. The van der Waals surface area contributed by atoms with Gasteiger partial charge in [-0.15, -0.1) is 0 Å². The van der Waals surface area contributed by atoms with E-state index < -0.39 is 35.8 Å². The Bertz CT molecular complexity index is 1230. The highest BCUT2D eigenvalue weighted by atomic mass is 16.3. The molecular weight excluding hydrogens is 526 g/mol. The molecule has 0 unspecified atom stereocenters.